The number of nitrogens with zero attached hydrogens (tertiary/aromatic N) is 1. The zero-order valence-electron chi connectivity index (χ0n) is 10.8. The van der Waals surface area contributed by atoms with Crippen LogP contribution >= 0.6 is 0 Å². The molecule has 2 rings (SSSR count). The van der Waals surface area contributed by atoms with Gasteiger partial charge in [-0.1, -0.05) is 6.07 Å². The summed E-state index contributed by atoms with van der Waals surface area (Å²) in [6.07, 6.45) is 5.71. The van der Waals surface area contributed by atoms with Crippen molar-refractivity contribution < 1.29 is 4.79 Å². The van der Waals surface area contributed by atoms with Crippen molar-refractivity contribution in [1.29, 1.82) is 0 Å². The summed E-state index contributed by atoms with van der Waals surface area (Å²) >= 11 is 0. The monoisotopic (exact) mass is 231 g/mol. The summed E-state index contributed by atoms with van der Waals surface area (Å²) in [6.45, 7) is 2.47. The van der Waals surface area contributed by atoms with Crippen LogP contribution in [0.3, 0.4) is 0 Å². The van der Waals surface area contributed by atoms with Crippen molar-refractivity contribution in [3.05, 3.63) is 29.3 Å². The molecule has 2 nitrogen and oxygen atoms in total. The Balaban J connectivity index is 2.08. The van der Waals surface area contributed by atoms with Crippen LogP contribution in [-0.2, 0) is 17.6 Å². The van der Waals surface area contributed by atoms with Crippen LogP contribution in [0, 0.1) is 0 Å². The molecule has 0 radical (unpaired) electrons. The number of fused-ring (bicyclic) bond motifs is 1. The standard InChI is InChI=1S/C15H21NO/c1-12(17)9-10-16(2)15-8-7-13-5-3-4-6-14(13)11-15/h7-8,11H,3-6,9-10H2,1-2H3. The van der Waals surface area contributed by atoms with Gasteiger partial charge in [0.05, 0.1) is 0 Å². The average molecular weight is 231 g/mol. The fraction of sp³-hybridized carbons (Fsp3) is 0.533. The van der Waals surface area contributed by atoms with Gasteiger partial charge in [0, 0.05) is 25.7 Å². The van der Waals surface area contributed by atoms with Crippen molar-refractivity contribution in [2.75, 3.05) is 18.5 Å². The predicted molar refractivity (Wildman–Crippen MR) is 71.7 cm³/mol. The SMILES string of the molecule is CC(=O)CCN(C)c1ccc2c(c1)CCCC2. The van der Waals surface area contributed by atoms with Crippen LogP contribution in [0.25, 0.3) is 0 Å². The number of hydrogen-bond acceptors (Lipinski definition) is 2. The van der Waals surface area contributed by atoms with E-state index in [2.05, 4.69) is 30.1 Å². The Labute approximate surface area is 104 Å². The maximum absolute atomic E-state index is 11.0. The van der Waals surface area contributed by atoms with Crippen molar-refractivity contribution in [3.8, 4) is 0 Å². The number of hydrogen-bond donors (Lipinski definition) is 0. The molecule has 0 bridgehead atoms. The molecule has 17 heavy (non-hydrogen) atoms. The Kier molecular flexibility index (Phi) is 3.82. The summed E-state index contributed by atoms with van der Waals surface area (Å²) < 4.78 is 0. The van der Waals surface area contributed by atoms with Gasteiger partial charge in [-0.05, 0) is 55.9 Å². The van der Waals surface area contributed by atoms with E-state index in [0.717, 1.165) is 6.54 Å². The van der Waals surface area contributed by atoms with Gasteiger partial charge in [-0.2, -0.15) is 0 Å². The summed E-state index contributed by atoms with van der Waals surface area (Å²) in [5, 5.41) is 0. The summed E-state index contributed by atoms with van der Waals surface area (Å²) in [5.74, 6) is 0.259. The van der Waals surface area contributed by atoms with Gasteiger partial charge in [0.1, 0.15) is 5.78 Å². The van der Waals surface area contributed by atoms with Gasteiger partial charge >= 0.3 is 0 Å². The van der Waals surface area contributed by atoms with E-state index < -0.39 is 0 Å². The lowest BCUT2D eigenvalue weighted by atomic mass is 9.91. The molecule has 0 spiro atoms. The van der Waals surface area contributed by atoms with Crippen molar-refractivity contribution in [3.63, 3.8) is 0 Å². The molecule has 0 N–H and O–H groups in total. The van der Waals surface area contributed by atoms with Crippen LogP contribution in [-0.4, -0.2) is 19.4 Å². The highest BCUT2D eigenvalue weighted by atomic mass is 16.1. The highest BCUT2D eigenvalue weighted by Crippen LogP contribution is 2.25. The normalized spacial score (nSPS) is 14.2. The summed E-state index contributed by atoms with van der Waals surface area (Å²) in [5.41, 5.74) is 4.26. The van der Waals surface area contributed by atoms with E-state index in [1.54, 1.807) is 6.92 Å². The van der Waals surface area contributed by atoms with E-state index in [0.29, 0.717) is 6.42 Å². The third kappa shape index (κ3) is 3.09. The molecule has 1 aliphatic rings. The molecule has 1 aromatic carbocycles. The topological polar surface area (TPSA) is 20.3 Å². The second-order valence-corrected chi connectivity index (χ2v) is 5.03. The Morgan fingerprint density at radius 2 is 1.94 bits per heavy atom. The molecule has 0 saturated carbocycles. The van der Waals surface area contributed by atoms with Crippen LogP contribution < -0.4 is 4.90 Å². The first kappa shape index (κ1) is 12.2. The maximum Gasteiger partial charge on any atom is 0.131 e. The third-order valence-corrected chi connectivity index (χ3v) is 3.57. The highest BCUT2D eigenvalue weighted by Gasteiger charge is 2.11. The minimum Gasteiger partial charge on any atom is -0.374 e. The number of Topliss-reactive ketones (excluding diaryl/α,β-unsaturated/α-hetero) is 1. The number of rotatable bonds is 4. The second kappa shape index (κ2) is 5.35. The predicted octanol–water partition coefficient (Wildman–Crippen LogP) is 2.98. The van der Waals surface area contributed by atoms with Gasteiger partial charge < -0.3 is 4.90 Å². The lowest BCUT2D eigenvalue weighted by Gasteiger charge is -2.22. The van der Waals surface area contributed by atoms with Crippen molar-refractivity contribution in [2.45, 2.75) is 39.0 Å². The number of aryl methyl sites for hydroxylation is 2. The molecule has 0 saturated heterocycles. The van der Waals surface area contributed by atoms with Crippen LogP contribution in [0.1, 0.15) is 37.3 Å². The van der Waals surface area contributed by atoms with Crippen LogP contribution in [0.5, 0.6) is 0 Å². The molecule has 0 atom stereocenters. The average Bonchev–Trinajstić information content (AvgIpc) is 2.35. The summed E-state index contributed by atoms with van der Waals surface area (Å²) in [7, 11) is 2.06. The molecule has 1 aliphatic carbocycles. The molecule has 0 aromatic heterocycles. The quantitative estimate of drug-likeness (QED) is 0.794. The van der Waals surface area contributed by atoms with Gasteiger partial charge in [-0.25, -0.2) is 0 Å². The first-order chi connectivity index (χ1) is 8.16. The summed E-state index contributed by atoms with van der Waals surface area (Å²) in [4.78, 5) is 13.2. The largest absolute Gasteiger partial charge is 0.374 e. The maximum atomic E-state index is 11.0. The van der Waals surface area contributed by atoms with E-state index in [4.69, 9.17) is 0 Å². The van der Waals surface area contributed by atoms with Crippen molar-refractivity contribution >= 4 is 11.5 Å². The first-order valence-electron chi connectivity index (χ1n) is 6.49. The van der Waals surface area contributed by atoms with E-state index in [9.17, 15) is 4.79 Å². The van der Waals surface area contributed by atoms with Gasteiger partial charge in [-0.15, -0.1) is 0 Å². The van der Waals surface area contributed by atoms with Crippen molar-refractivity contribution in [2.24, 2.45) is 0 Å². The molecule has 0 amide bonds. The van der Waals surface area contributed by atoms with E-state index >= 15 is 0 Å². The van der Waals surface area contributed by atoms with Gasteiger partial charge in [0.15, 0.2) is 0 Å². The molecule has 1 aromatic rings. The molecule has 2 heteroatoms. The van der Waals surface area contributed by atoms with Gasteiger partial charge in [0.25, 0.3) is 0 Å². The number of anilines is 1. The third-order valence-electron chi connectivity index (χ3n) is 3.57. The molecular weight excluding hydrogens is 210 g/mol. The molecule has 0 heterocycles. The minimum atomic E-state index is 0.259. The molecule has 0 aliphatic heterocycles. The second-order valence-electron chi connectivity index (χ2n) is 5.03. The number of benzene rings is 1. The van der Waals surface area contributed by atoms with Crippen LogP contribution in [0.4, 0.5) is 5.69 Å². The van der Waals surface area contributed by atoms with Crippen molar-refractivity contribution in [1.82, 2.24) is 0 Å². The number of ketones is 1. The minimum absolute atomic E-state index is 0.259. The first-order valence-corrected chi connectivity index (χ1v) is 6.49. The zero-order valence-corrected chi connectivity index (χ0v) is 10.8. The van der Waals surface area contributed by atoms with Gasteiger partial charge in [0.2, 0.25) is 0 Å². The van der Waals surface area contributed by atoms with Gasteiger partial charge in [-0.3, -0.25) is 4.79 Å². The van der Waals surface area contributed by atoms with E-state index in [1.165, 1.54) is 42.5 Å². The Bertz CT molecular complexity index is 411. The molecule has 0 unspecified atom stereocenters. The fourth-order valence-corrected chi connectivity index (χ4v) is 2.41. The molecular formula is C15H21NO. The lowest BCUT2D eigenvalue weighted by molar-refractivity contribution is -0.116. The van der Waals surface area contributed by atoms with E-state index in [-0.39, 0.29) is 5.78 Å². The molecule has 0 fully saturated rings. The summed E-state index contributed by atoms with van der Waals surface area (Å²) in [6, 6.07) is 6.74. The Morgan fingerprint density at radius 1 is 1.24 bits per heavy atom. The lowest BCUT2D eigenvalue weighted by Crippen LogP contribution is -2.20. The zero-order chi connectivity index (χ0) is 12.3. The number of carbonyl (C=O) groups is 1. The fourth-order valence-electron chi connectivity index (χ4n) is 2.41. The Hall–Kier alpha value is -1.31. The van der Waals surface area contributed by atoms with Crippen LogP contribution in [0.2, 0.25) is 0 Å². The van der Waals surface area contributed by atoms with Crippen LogP contribution in [0.15, 0.2) is 18.2 Å². The number of carbonyl (C=O) groups excluding carboxylic acids is 1. The molecule has 92 valence electrons. The smallest absolute Gasteiger partial charge is 0.131 e. The Morgan fingerprint density at radius 3 is 2.65 bits per heavy atom. The van der Waals surface area contributed by atoms with E-state index in [1.807, 2.05) is 0 Å². The highest BCUT2D eigenvalue weighted by molar-refractivity contribution is 5.76.